The molecule has 0 bridgehead atoms. The number of aromatic nitrogens is 4. The first-order chi connectivity index (χ1) is 12.1. The average Bonchev–Trinajstić information content (AvgIpc) is 3.18. The lowest BCUT2D eigenvalue weighted by atomic mass is 10.1. The summed E-state index contributed by atoms with van der Waals surface area (Å²) in [7, 11) is 1.88. The normalized spacial score (nSPS) is 17.1. The largest absolute Gasteiger partial charge is 0.355 e. The SMILES string of the molecule is Cn1cnnc1SCCNC(=O)[C@@H]1CC(=O)N(Cc2ccncc2)C1. The van der Waals surface area contributed by atoms with Gasteiger partial charge in [0, 0.05) is 51.2 Å². The minimum atomic E-state index is -0.283. The third kappa shape index (κ3) is 4.56. The summed E-state index contributed by atoms with van der Waals surface area (Å²) in [6, 6.07) is 3.76. The molecule has 2 amide bonds. The molecule has 0 aliphatic carbocycles. The van der Waals surface area contributed by atoms with E-state index >= 15 is 0 Å². The molecule has 0 radical (unpaired) electrons. The Labute approximate surface area is 150 Å². The third-order valence-corrected chi connectivity index (χ3v) is 5.05. The van der Waals surface area contributed by atoms with Crippen LogP contribution in [-0.2, 0) is 23.2 Å². The summed E-state index contributed by atoms with van der Waals surface area (Å²) in [5.41, 5.74) is 1.02. The summed E-state index contributed by atoms with van der Waals surface area (Å²) in [6.45, 7) is 1.52. The number of amides is 2. The number of hydrogen-bond acceptors (Lipinski definition) is 6. The van der Waals surface area contributed by atoms with Gasteiger partial charge in [-0.2, -0.15) is 0 Å². The Hall–Kier alpha value is -2.42. The van der Waals surface area contributed by atoms with E-state index in [1.54, 1.807) is 23.6 Å². The molecular formula is C16H20N6O2S. The third-order valence-electron chi connectivity index (χ3n) is 4.01. The maximum Gasteiger partial charge on any atom is 0.225 e. The fourth-order valence-electron chi connectivity index (χ4n) is 2.67. The van der Waals surface area contributed by atoms with Crippen LogP contribution < -0.4 is 5.32 Å². The van der Waals surface area contributed by atoms with E-state index in [1.807, 2.05) is 23.7 Å². The number of hydrogen-bond donors (Lipinski definition) is 1. The van der Waals surface area contributed by atoms with E-state index in [0.29, 0.717) is 25.4 Å². The van der Waals surface area contributed by atoms with Crippen molar-refractivity contribution in [2.75, 3.05) is 18.8 Å². The smallest absolute Gasteiger partial charge is 0.225 e. The molecule has 1 aliphatic heterocycles. The second-order valence-electron chi connectivity index (χ2n) is 5.89. The van der Waals surface area contributed by atoms with E-state index in [9.17, 15) is 9.59 Å². The number of thioether (sulfide) groups is 1. The van der Waals surface area contributed by atoms with Crippen molar-refractivity contribution < 1.29 is 9.59 Å². The molecule has 1 aliphatic rings. The second-order valence-corrected chi connectivity index (χ2v) is 6.96. The summed E-state index contributed by atoms with van der Waals surface area (Å²) < 4.78 is 1.83. The summed E-state index contributed by atoms with van der Waals surface area (Å²) in [5.74, 6) is 0.378. The molecule has 2 aromatic rings. The fourth-order valence-corrected chi connectivity index (χ4v) is 3.42. The Morgan fingerprint density at radius 2 is 2.20 bits per heavy atom. The van der Waals surface area contributed by atoms with Crippen molar-refractivity contribution in [3.05, 3.63) is 36.4 Å². The van der Waals surface area contributed by atoms with Gasteiger partial charge in [-0.25, -0.2) is 0 Å². The lowest BCUT2D eigenvalue weighted by Gasteiger charge is -2.16. The minimum Gasteiger partial charge on any atom is -0.355 e. The van der Waals surface area contributed by atoms with Crippen molar-refractivity contribution in [1.29, 1.82) is 0 Å². The molecule has 132 valence electrons. The predicted molar refractivity (Wildman–Crippen MR) is 92.5 cm³/mol. The van der Waals surface area contributed by atoms with Gasteiger partial charge in [-0.3, -0.25) is 14.6 Å². The van der Waals surface area contributed by atoms with Crippen LogP contribution in [0.15, 0.2) is 36.0 Å². The van der Waals surface area contributed by atoms with Gasteiger partial charge >= 0.3 is 0 Å². The highest BCUT2D eigenvalue weighted by Crippen LogP contribution is 2.20. The molecule has 3 rings (SSSR count). The van der Waals surface area contributed by atoms with Crippen LogP contribution in [0.1, 0.15) is 12.0 Å². The van der Waals surface area contributed by atoms with Crippen LogP contribution in [0, 0.1) is 5.92 Å². The molecule has 0 aromatic carbocycles. The molecule has 1 saturated heterocycles. The molecule has 1 N–H and O–H groups in total. The van der Waals surface area contributed by atoms with E-state index in [0.717, 1.165) is 10.7 Å². The van der Waals surface area contributed by atoms with Crippen molar-refractivity contribution in [2.24, 2.45) is 13.0 Å². The van der Waals surface area contributed by atoms with Crippen molar-refractivity contribution in [2.45, 2.75) is 18.1 Å². The van der Waals surface area contributed by atoms with Crippen LogP contribution >= 0.6 is 11.8 Å². The van der Waals surface area contributed by atoms with Crippen molar-refractivity contribution in [3.63, 3.8) is 0 Å². The van der Waals surface area contributed by atoms with Gasteiger partial charge in [0.05, 0.1) is 5.92 Å². The Balaban J connectivity index is 1.42. The molecule has 0 spiro atoms. The monoisotopic (exact) mass is 360 g/mol. The van der Waals surface area contributed by atoms with Crippen LogP contribution in [0.3, 0.4) is 0 Å². The van der Waals surface area contributed by atoms with Crippen LogP contribution in [-0.4, -0.2) is 55.3 Å². The Morgan fingerprint density at radius 3 is 2.92 bits per heavy atom. The number of carbonyl (C=O) groups is 2. The number of pyridine rings is 1. The van der Waals surface area contributed by atoms with Crippen LogP contribution in [0.4, 0.5) is 0 Å². The lowest BCUT2D eigenvalue weighted by Crippen LogP contribution is -2.34. The number of carbonyl (C=O) groups excluding carboxylic acids is 2. The lowest BCUT2D eigenvalue weighted by molar-refractivity contribution is -0.129. The van der Waals surface area contributed by atoms with Crippen LogP contribution in [0.5, 0.6) is 0 Å². The maximum absolute atomic E-state index is 12.3. The second kappa shape index (κ2) is 8.11. The van der Waals surface area contributed by atoms with Crippen LogP contribution in [0.25, 0.3) is 0 Å². The van der Waals surface area contributed by atoms with Crippen molar-refractivity contribution in [1.82, 2.24) is 30.0 Å². The summed E-state index contributed by atoms with van der Waals surface area (Å²) >= 11 is 1.53. The molecule has 0 saturated carbocycles. The predicted octanol–water partition coefficient (Wildman–Crippen LogP) is 0.467. The fraction of sp³-hybridized carbons (Fsp3) is 0.438. The zero-order valence-corrected chi connectivity index (χ0v) is 14.8. The molecule has 2 aromatic heterocycles. The maximum atomic E-state index is 12.3. The average molecular weight is 360 g/mol. The number of likely N-dealkylation sites (tertiary alicyclic amines) is 1. The molecular weight excluding hydrogens is 340 g/mol. The molecule has 9 heteroatoms. The Morgan fingerprint density at radius 1 is 1.40 bits per heavy atom. The number of nitrogens with one attached hydrogen (secondary N) is 1. The van der Waals surface area contributed by atoms with E-state index in [4.69, 9.17) is 0 Å². The first-order valence-corrected chi connectivity index (χ1v) is 9.03. The standard InChI is InChI=1S/C16H20N6O2S/c1-21-11-19-20-16(21)25-7-6-18-15(24)13-8-14(23)22(10-13)9-12-2-4-17-5-3-12/h2-5,11,13H,6-10H2,1H3,(H,18,24)/t13-/m1/s1. The number of nitrogens with zero attached hydrogens (tertiary/aromatic N) is 5. The Kier molecular flexibility index (Phi) is 5.64. The summed E-state index contributed by atoms with van der Waals surface area (Å²) in [6.07, 6.45) is 5.32. The van der Waals surface area contributed by atoms with Gasteiger partial charge in [-0.1, -0.05) is 11.8 Å². The first-order valence-electron chi connectivity index (χ1n) is 8.04. The van der Waals surface area contributed by atoms with E-state index in [2.05, 4.69) is 20.5 Å². The molecule has 1 fully saturated rings. The van der Waals surface area contributed by atoms with Gasteiger partial charge in [0.15, 0.2) is 5.16 Å². The number of aryl methyl sites for hydroxylation is 1. The topological polar surface area (TPSA) is 93.0 Å². The van der Waals surface area contributed by atoms with Crippen molar-refractivity contribution in [3.8, 4) is 0 Å². The highest BCUT2D eigenvalue weighted by atomic mass is 32.2. The van der Waals surface area contributed by atoms with Crippen LogP contribution in [0.2, 0.25) is 0 Å². The molecule has 8 nitrogen and oxygen atoms in total. The number of rotatable bonds is 7. The van der Waals surface area contributed by atoms with Gasteiger partial charge in [0.1, 0.15) is 6.33 Å². The quantitative estimate of drug-likeness (QED) is 0.570. The van der Waals surface area contributed by atoms with E-state index in [-0.39, 0.29) is 24.2 Å². The van der Waals surface area contributed by atoms with Gasteiger partial charge in [-0.15, -0.1) is 10.2 Å². The molecule has 25 heavy (non-hydrogen) atoms. The Bertz CT molecular complexity index is 735. The highest BCUT2D eigenvalue weighted by molar-refractivity contribution is 7.99. The highest BCUT2D eigenvalue weighted by Gasteiger charge is 2.33. The first kappa shape index (κ1) is 17.4. The molecule has 1 atom stereocenters. The molecule has 3 heterocycles. The molecule has 0 unspecified atom stereocenters. The summed E-state index contributed by atoms with van der Waals surface area (Å²) in [5, 5.41) is 11.5. The van der Waals surface area contributed by atoms with Gasteiger partial charge < -0.3 is 14.8 Å². The zero-order valence-electron chi connectivity index (χ0n) is 14.0. The van der Waals surface area contributed by atoms with Gasteiger partial charge in [0.25, 0.3) is 0 Å². The van der Waals surface area contributed by atoms with Crippen molar-refractivity contribution >= 4 is 23.6 Å². The minimum absolute atomic E-state index is 0.0189. The zero-order chi connectivity index (χ0) is 17.6. The van der Waals surface area contributed by atoms with E-state index in [1.165, 1.54) is 11.8 Å². The summed E-state index contributed by atoms with van der Waals surface area (Å²) in [4.78, 5) is 30.1. The van der Waals surface area contributed by atoms with Gasteiger partial charge in [0.2, 0.25) is 11.8 Å². The van der Waals surface area contributed by atoms with Gasteiger partial charge in [-0.05, 0) is 17.7 Å². The van der Waals surface area contributed by atoms with E-state index < -0.39 is 0 Å².